The van der Waals surface area contributed by atoms with E-state index in [0.29, 0.717) is 13.0 Å². The Labute approximate surface area is 172 Å². The van der Waals surface area contributed by atoms with E-state index in [-0.39, 0.29) is 11.8 Å². The lowest BCUT2D eigenvalue weighted by molar-refractivity contribution is -0.125. The number of para-hydroxylation sites is 1. The van der Waals surface area contributed by atoms with Gasteiger partial charge in [-0.3, -0.25) is 9.20 Å². The predicted molar refractivity (Wildman–Crippen MR) is 114 cm³/mol. The third kappa shape index (κ3) is 3.67. The number of piperidine rings is 1. The maximum Gasteiger partial charge on any atom is 0.224 e. The molecule has 0 bridgehead atoms. The van der Waals surface area contributed by atoms with Gasteiger partial charge in [0.25, 0.3) is 0 Å². The Balaban J connectivity index is 1.19. The van der Waals surface area contributed by atoms with E-state index in [9.17, 15) is 4.79 Å². The number of thiazole rings is 1. The van der Waals surface area contributed by atoms with Gasteiger partial charge in [-0.2, -0.15) is 0 Å². The molecule has 0 spiro atoms. The molecule has 1 amide bonds. The zero-order chi connectivity index (χ0) is 19.6. The summed E-state index contributed by atoms with van der Waals surface area (Å²) in [6.45, 7) is 2.24. The molecule has 8 heteroatoms. The van der Waals surface area contributed by atoms with E-state index in [1.54, 1.807) is 11.3 Å². The first kappa shape index (κ1) is 18.1. The first-order valence-electron chi connectivity index (χ1n) is 9.95. The van der Waals surface area contributed by atoms with Crippen molar-refractivity contribution in [1.29, 1.82) is 0 Å². The normalized spacial score (nSPS) is 17.1. The van der Waals surface area contributed by atoms with Crippen molar-refractivity contribution in [3.8, 4) is 0 Å². The Kier molecular flexibility index (Phi) is 4.85. The number of carbonyl (C=O) groups excluding carboxylic acids is 1. The molecule has 1 aliphatic rings. The molecule has 1 atom stereocenters. The molecule has 7 nitrogen and oxygen atoms in total. The Morgan fingerprint density at radius 1 is 1.17 bits per heavy atom. The monoisotopic (exact) mass is 406 g/mol. The van der Waals surface area contributed by atoms with Gasteiger partial charge < -0.3 is 10.2 Å². The molecule has 1 fully saturated rings. The van der Waals surface area contributed by atoms with Crippen LogP contribution in [0.15, 0.2) is 48.7 Å². The van der Waals surface area contributed by atoms with E-state index in [1.807, 2.05) is 47.0 Å². The van der Waals surface area contributed by atoms with Crippen molar-refractivity contribution in [2.45, 2.75) is 19.3 Å². The van der Waals surface area contributed by atoms with Gasteiger partial charge in [-0.05, 0) is 37.1 Å². The van der Waals surface area contributed by atoms with Crippen molar-refractivity contribution in [2.24, 2.45) is 5.92 Å². The van der Waals surface area contributed by atoms with Gasteiger partial charge in [0, 0.05) is 32.3 Å². The van der Waals surface area contributed by atoms with Gasteiger partial charge in [-0.25, -0.2) is 4.98 Å². The molecule has 0 unspecified atom stereocenters. The van der Waals surface area contributed by atoms with Crippen molar-refractivity contribution in [3.05, 3.63) is 54.5 Å². The first-order chi connectivity index (χ1) is 14.3. The fourth-order valence-corrected chi connectivity index (χ4v) is 4.86. The van der Waals surface area contributed by atoms with Crippen LogP contribution in [0.25, 0.3) is 15.9 Å². The van der Waals surface area contributed by atoms with E-state index in [1.165, 1.54) is 4.70 Å². The van der Waals surface area contributed by atoms with Gasteiger partial charge in [0.1, 0.15) is 5.82 Å². The van der Waals surface area contributed by atoms with Crippen molar-refractivity contribution in [2.75, 3.05) is 24.5 Å². The summed E-state index contributed by atoms with van der Waals surface area (Å²) in [5, 5.41) is 12.5. The molecule has 0 radical (unpaired) electrons. The molecule has 0 aliphatic carbocycles. The highest BCUT2D eigenvalue weighted by Gasteiger charge is 2.27. The largest absolute Gasteiger partial charge is 0.355 e. The van der Waals surface area contributed by atoms with Gasteiger partial charge in [0.15, 0.2) is 10.8 Å². The van der Waals surface area contributed by atoms with Crippen LogP contribution < -0.4 is 10.2 Å². The van der Waals surface area contributed by atoms with E-state index >= 15 is 0 Å². The van der Waals surface area contributed by atoms with Crippen molar-refractivity contribution in [3.63, 3.8) is 0 Å². The molecule has 1 N–H and O–H groups in total. The second-order valence-electron chi connectivity index (χ2n) is 7.34. The van der Waals surface area contributed by atoms with E-state index in [2.05, 4.69) is 26.5 Å². The number of anilines is 1. The molecule has 4 heterocycles. The topological polar surface area (TPSA) is 75.4 Å². The van der Waals surface area contributed by atoms with Crippen molar-refractivity contribution in [1.82, 2.24) is 24.9 Å². The number of fused-ring (bicyclic) bond motifs is 2. The van der Waals surface area contributed by atoms with Crippen LogP contribution in [0.1, 0.15) is 18.7 Å². The van der Waals surface area contributed by atoms with Crippen molar-refractivity contribution < 1.29 is 4.79 Å². The lowest BCUT2D eigenvalue weighted by Gasteiger charge is -2.31. The first-order valence-corrected chi connectivity index (χ1v) is 10.8. The Morgan fingerprint density at radius 2 is 2.07 bits per heavy atom. The molecule has 148 valence electrons. The second-order valence-corrected chi connectivity index (χ2v) is 8.34. The lowest BCUT2D eigenvalue weighted by atomic mass is 9.97. The molecule has 1 aliphatic heterocycles. The van der Waals surface area contributed by atoms with Crippen molar-refractivity contribution >= 4 is 38.2 Å². The quantitative estimate of drug-likeness (QED) is 0.552. The number of hydrogen-bond acceptors (Lipinski definition) is 6. The number of carbonyl (C=O) groups is 1. The summed E-state index contributed by atoms with van der Waals surface area (Å²) in [4.78, 5) is 19.7. The fraction of sp³-hybridized carbons (Fsp3) is 0.333. The van der Waals surface area contributed by atoms with Crippen LogP contribution in [0.5, 0.6) is 0 Å². The molecule has 29 heavy (non-hydrogen) atoms. The molecule has 0 saturated carbocycles. The molecule has 3 aromatic heterocycles. The third-order valence-corrected chi connectivity index (χ3v) is 6.47. The Bertz CT molecular complexity index is 1120. The lowest BCUT2D eigenvalue weighted by Crippen LogP contribution is -2.43. The summed E-state index contributed by atoms with van der Waals surface area (Å²) < 4.78 is 3.15. The number of nitrogens with one attached hydrogen (secondary N) is 1. The molecular formula is C21H22N6OS. The number of benzene rings is 1. The second kappa shape index (κ2) is 7.79. The smallest absolute Gasteiger partial charge is 0.224 e. The van der Waals surface area contributed by atoms with Crippen LogP contribution in [0.2, 0.25) is 0 Å². The summed E-state index contributed by atoms with van der Waals surface area (Å²) in [5.41, 5.74) is 1.85. The van der Waals surface area contributed by atoms with Crippen LogP contribution in [0.3, 0.4) is 0 Å². The van der Waals surface area contributed by atoms with Crippen LogP contribution in [0, 0.1) is 5.92 Å². The highest BCUT2D eigenvalue weighted by Crippen LogP contribution is 2.31. The third-order valence-electron chi connectivity index (χ3n) is 5.38. The summed E-state index contributed by atoms with van der Waals surface area (Å²) in [6, 6.07) is 14.0. The van der Waals surface area contributed by atoms with Crippen LogP contribution >= 0.6 is 11.3 Å². The highest BCUT2D eigenvalue weighted by molar-refractivity contribution is 7.22. The maximum absolute atomic E-state index is 12.7. The number of nitrogens with zero attached hydrogens (tertiary/aromatic N) is 5. The summed E-state index contributed by atoms with van der Waals surface area (Å²) in [5.74, 6) is 0.969. The number of hydrogen-bond donors (Lipinski definition) is 1. The zero-order valence-corrected chi connectivity index (χ0v) is 16.8. The molecular weight excluding hydrogens is 384 g/mol. The van der Waals surface area contributed by atoms with E-state index in [4.69, 9.17) is 4.98 Å². The molecule has 5 rings (SSSR count). The standard InChI is InChI=1S/C21H22N6OS/c28-20(22-11-10-19-25-24-18-9-3-4-13-27(18)19)15-6-5-12-26(14-15)21-23-16-7-1-2-8-17(16)29-21/h1-4,7-9,13,15H,5-6,10-12,14H2,(H,22,28)/t15-/m0/s1. The van der Waals surface area contributed by atoms with Crippen LogP contribution in [-0.4, -0.2) is 45.1 Å². The minimum atomic E-state index is -0.00842. The van der Waals surface area contributed by atoms with Gasteiger partial charge in [0.05, 0.1) is 16.1 Å². The number of pyridine rings is 1. The summed E-state index contributed by atoms with van der Waals surface area (Å²) in [7, 11) is 0. The fourth-order valence-electron chi connectivity index (χ4n) is 3.86. The Hall–Kier alpha value is -3.00. The average molecular weight is 407 g/mol. The summed E-state index contributed by atoms with van der Waals surface area (Å²) in [6.07, 6.45) is 4.53. The molecule has 1 saturated heterocycles. The SMILES string of the molecule is O=C(NCCc1nnc2ccccn12)[C@H]1CCCN(c2nc3ccccc3s2)C1. The van der Waals surface area contributed by atoms with Gasteiger partial charge in [0.2, 0.25) is 5.91 Å². The number of amides is 1. The minimum absolute atomic E-state index is 0.00842. The highest BCUT2D eigenvalue weighted by atomic mass is 32.1. The maximum atomic E-state index is 12.7. The van der Waals surface area contributed by atoms with Gasteiger partial charge >= 0.3 is 0 Å². The average Bonchev–Trinajstić information content (AvgIpc) is 3.38. The van der Waals surface area contributed by atoms with Gasteiger partial charge in [-0.15, -0.1) is 10.2 Å². The molecule has 1 aromatic carbocycles. The predicted octanol–water partition coefficient (Wildman–Crippen LogP) is 2.91. The van der Waals surface area contributed by atoms with Crippen LogP contribution in [0.4, 0.5) is 5.13 Å². The van der Waals surface area contributed by atoms with E-state index < -0.39 is 0 Å². The number of rotatable bonds is 5. The zero-order valence-electron chi connectivity index (χ0n) is 16.0. The minimum Gasteiger partial charge on any atom is -0.355 e. The van der Waals surface area contributed by atoms with Crippen LogP contribution in [-0.2, 0) is 11.2 Å². The summed E-state index contributed by atoms with van der Waals surface area (Å²) >= 11 is 1.70. The Morgan fingerprint density at radius 3 is 3.00 bits per heavy atom. The molecule has 4 aromatic rings. The number of aromatic nitrogens is 4. The van der Waals surface area contributed by atoms with E-state index in [0.717, 1.165) is 48.1 Å². The van der Waals surface area contributed by atoms with Gasteiger partial charge in [-0.1, -0.05) is 29.5 Å².